The van der Waals surface area contributed by atoms with E-state index in [0.717, 1.165) is 5.56 Å². The van der Waals surface area contributed by atoms with Crippen LogP contribution in [0.2, 0.25) is 0 Å². The van der Waals surface area contributed by atoms with E-state index in [0.29, 0.717) is 22.8 Å². The average molecular weight is 388 g/mol. The van der Waals surface area contributed by atoms with Gasteiger partial charge in [-0.3, -0.25) is 13.8 Å². The molecule has 3 N–H and O–H groups in total. The molecule has 0 bridgehead atoms. The fourth-order valence-corrected chi connectivity index (χ4v) is 3.08. The first-order valence-corrected chi connectivity index (χ1v) is 9.77. The molecule has 0 heterocycles. The smallest absolute Gasteiger partial charge is 0.255 e. The van der Waals surface area contributed by atoms with E-state index in [9.17, 15) is 13.8 Å². The van der Waals surface area contributed by atoms with E-state index in [1.807, 2.05) is 39.0 Å². The van der Waals surface area contributed by atoms with Gasteiger partial charge in [-0.2, -0.15) is 0 Å². The van der Waals surface area contributed by atoms with E-state index in [1.165, 1.54) is 0 Å². The summed E-state index contributed by atoms with van der Waals surface area (Å²) in [5.41, 5.74) is 7.01. The molecule has 144 valence electrons. The highest BCUT2D eigenvalue weighted by Crippen LogP contribution is 2.19. The molecule has 1 atom stereocenters. The molecule has 0 aliphatic carbocycles. The molecule has 2 aromatic rings. The van der Waals surface area contributed by atoms with E-state index in [4.69, 9.17) is 10.5 Å². The van der Waals surface area contributed by atoms with Gasteiger partial charge in [0.15, 0.2) is 6.61 Å². The number of rotatable bonds is 7. The molecule has 0 aliphatic rings. The summed E-state index contributed by atoms with van der Waals surface area (Å²) in [5.74, 6) is 0.0469. The lowest BCUT2D eigenvalue weighted by Gasteiger charge is -2.18. The van der Waals surface area contributed by atoms with Crippen molar-refractivity contribution < 1.29 is 18.5 Å². The minimum atomic E-state index is -1.01. The molecule has 6 nitrogen and oxygen atoms in total. The maximum Gasteiger partial charge on any atom is 0.255 e. The van der Waals surface area contributed by atoms with Gasteiger partial charge in [-0.25, -0.2) is 0 Å². The molecule has 27 heavy (non-hydrogen) atoms. The zero-order chi connectivity index (χ0) is 20.0. The second-order valence-electron chi connectivity index (χ2n) is 7.04. The van der Waals surface area contributed by atoms with Gasteiger partial charge in [0, 0.05) is 32.6 Å². The first kappa shape index (κ1) is 20.6. The number of benzene rings is 2. The van der Waals surface area contributed by atoms with Crippen molar-refractivity contribution in [3.63, 3.8) is 0 Å². The molecule has 0 aliphatic heterocycles. The van der Waals surface area contributed by atoms with Gasteiger partial charge < -0.3 is 15.8 Å². The Hall–Kier alpha value is -2.67. The number of anilines is 1. The van der Waals surface area contributed by atoms with Crippen LogP contribution < -0.4 is 15.8 Å². The quantitative estimate of drug-likeness (QED) is 0.762. The molecule has 2 rings (SSSR count). The van der Waals surface area contributed by atoms with Crippen LogP contribution in [0.4, 0.5) is 5.69 Å². The van der Waals surface area contributed by atoms with Gasteiger partial charge in [0.25, 0.3) is 11.8 Å². The standard InChI is InChI=1S/C20H24N2O4S/c1-20(2,3)27(25)13-14-5-4-6-16(11-14)22-19(24)15-7-9-17(10-8-15)26-12-18(21)23/h4-11H,12-13H2,1-3H3,(H2,21,23)(H,22,24). The number of hydrogen-bond donors (Lipinski definition) is 2. The van der Waals surface area contributed by atoms with E-state index in [2.05, 4.69) is 5.32 Å². The SMILES string of the molecule is CC(C)(C)S(=O)Cc1cccc(NC(=O)c2ccc(OCC(N)=O)cc2)c1. The van der Waals surface area contributed by atoms with Gasteiger partial charge in [0.05, 0.1) is 0 Å². The number of carbonyl (C=O) groups excluding carboxylic acids is 2. The summed E-state index contributed by atoms with van der Waals surface area (Å²) < 4.78 is 17.2. The summed E-state index contributed by atoms with van der Waals surface area (Å²) in [4.78, 5) is 23.1. The lowest BCUT2D eigenvalue weighted by molar-refractivity contribution is -0.119. The fraction of sp³-hybridized carbons (Fsp3) is 0.300. The summed E-state index contributed by atoms with van der Waals surface area (Å²) >= 11 is 0. The first-order chi connectivity index (χ1) is 12.6. The van der Waals surface area contributed by atoms with Gasteiger partial charge in [-0.1, -0.05) is 12.1 Å². The Labute approximate surface area is 161 Å². The third-order valence-corrected chi connectivity index (χ3v) is 5.62. The van der Waals surface area contributed by atoms with Crippen LogP contribution in [0.5, 0.6) is 5.75 Å². The highest BCUT2D eigenvalue weighted by atomic mass is 32.2. The Morgan fingerprint density at radius 3 is 2.37 bits per heavy atom. The van der Waals surface area contributed by atoms with Crippen molar-refractivity contribution in [2.75, 3.05) is 11.9 Å². The van der Waals surface area contributed by atoms with Crippen molar-refractivity contribution in [3.05, 3.63) is 59.7 Å². The number of ether oxygens (including phenoxy) is 1. The molecule has 2 amide bonds. The molecule has 1 unspecified atom stereocenters. The van der Waals surface area contributed by atoms with Crippen LogP contribution in [0.15, 0.2) is 48.5 Å². The molecule has 0 aromatic heterocycles. The van der Waals surface area contributed by atoms with Crippen LogP contribution in [0.1, 0.15) is 36.7 Å². The number of amides is 2. The summed E-state index contributed by atoms with van der Waals surface area (Å²) in [5, 5.41) is 2.83. The molecular formula is C20H24N2O4S. The first-order valence-electron chi connectivity index (χ1n) is 8.45. The van der Waals surface area contributed by atoms with Crippen molar-refractivity contribution in [3.8, 4) is 5.75 Å². The van der Waals surface area contributed by atoms with Crippen LogP contribution in [-0.4, -0.2) is 27.4 Å². The minimum Gasteiger partial charge on any atom is -0.484 e. The predicted molar refractivity (Wildman–Crippen MR) is 107 cm³/mol. The number of carbonyl (C=O) groups is 2. The van der Waals surface area contributed by atoms with Crippen molar-refractivity contribution >= 4 is 28.3 Å². The van der Waals surface area contributed by atoms with Gasteiger partial charge in [0.1, 0.15) is 5.75 Å². The molecule has 0 saturated heterocycles. The summed E-state index contributed by atoms with van der Waals surface area (Å²) in [6, 6.07) is 13.7. The van der Waals surface area contributed by atoms with E-state index >= 15 is 0 Å². The number of hydrogen-bond acceptors (Lipinski definition) is 4. The molecule has 2 aromatic carbocycles. The summed E-state index contributed by atoms with van der Waals surface area (Å²) in [6.45, 7) is 5.59. The van der Waals surface area contributed by atoms with Gasteiger partial charge in [-0.15, -0.1) is 0 Å². The molecule has 0 radical (unpaired) electrons. The Morgan fingerprint density at radius 2 is 1.78 bits per heavy atom. The molecule has 0 fully saturated rings. The van der Waals surface area contributed by atoms with Crippen molar-refractivity contribution in [1.82, 2.24) is 0 Å². The minimum absolute atomic E-state index is 0.214. The summed E-state index contributed by atoms with van der Waals surface area (Å²) in [6.07, 6.45) is 0. The van der Waals surface area contributed by atoms with Gasteiger partial charge in [-0.05, 0) is 62.7 Å². The molecule has 0 saturated carbocycles. The van der Waals surface area contributed by atoms with Crippen molar-refractivity contribution in [2.45, 2.75) is 31.3 Å². The monoisotopic (exact) mass is 388 g/mol. The topological polar surface area (TPSA) is 98.5 Å². The highest BCUT2D eigenvalue weighted by Gasteiger charge is 2.19. The van der Waals surface area contributed by atoms with Crippen LogP contribution in [0.25, 0.3) is 0 Å². The second-order valence-corrected chi connectivity index (χ2v) is 9.24. The zero-order valence-electron chi connectivity index (χ0n) is 15.7. The van der Waals surface area contributed by atoms with Crippen molar-refractivity contribution in [2.24, 2.45) is 5.73 Å². The summed E-state index contributed by atoms with van der Waals surface area (Å²) in [7, 11) is -1.01. The predicted octanol–water partition coefficient (Wildman–Crippen LogP) is 2.85. The average Bonchev–Trinajstić information content (AvgIpc) is 2.60. The Morgan fingerprint density at radius 1 is 1.11 bits per heavy atom. The lowest BCUT2D eigenvalue weighted by atomic mass is 10.2. The Balaban J connectivity index is 2.02. The molecule has 7 heteroatoms. The maximum absolute atomic E-state index is 12.4. The van der Waals surface area contributed by atoms with E-state index in [-0.39, 0.29) is 17.3 Å². The van der Waals surface area contributed by atoms with Crippen LogP contribution in [0.3, 0.4) is 0 Å². The number of nitrogens with one attached hydrogen (secondary N) is 1. The Bertz CT molecular complexity index is 842. The van der Waals surface area contributed by atoms with Crippen molar-refractivity contribution in [1.29, 1.82) is 0 Å². The van der Waals surface area contributed by atoms with Gasteiger partial charge >= 0.3 is 0 Å². The third-order valence-electron chi connectivity index (χ3n) is 3.66. The van der Waals surface area contributed by atoms with Gasteiger partial charge in [0.2, 0.25) is 0 Å². The Kier molecular flexibility index (Phi) is 6.74. The van der Waals surface area contributed by atoms with E-state index < -0.39 is 16.7 Å². The number of primary amides is 1. The fourth-order valence-electron chi connectivity index (χ4n) is 2.17. The molecular weight excluding hydrogens is 364 g/mol. The highest BCUT2D eigenvalue weighted by molar-refractivity contribution is 7.85. The van der Waals surface area contributed by atoms with E-state index in [1.54, 1.807) is 30.3 Å². The van der Waals surface area contributed by atoms with Crippen LogP contribution in [0, 0.1) is 0 Å². The van der Waals surface area contributed by atoms with Crippen LogP contribution >= 0.6 is 0 Å². The third kappa shape index (κ3) is 6.53. The number of nitrogens with two attached hydrogens (primary N) is 1. The second kappa shape index (κ2) is 8.81. The normalized spacial score (nSPS) is 12.3. The molecule has 0 spiro atoms. The zero-order valence-corrected chi connectivity index (χ0v) is 16.5. The largest absolute Gasteiger partial charge is 0.484 e. The van der Waals surface area contributed by atoms with Crippen LogP contribution in [-0.2, 0) is 21.3 Å². The maximum atomic E-state index is 12.4. The lowest BCUT2D eigenvalue weighted by Crippen LogP contribution is -2.23.